The van der Waals surface area contributed by atoms with Crippen LogP contribution in [0.1, 0.15) is 5.56 Å². The van der Waals surface area contributed by atoms with Crippen LogP contribution < -0.4 is 5.32 Å². The monoisotopic (exact) mass is 267 g/mol. The molecule has 0 amide bonds. The summed E-state index contributed by atoms with van der Waals surface area (Å²) in [6.45, 7) is 1.36. The lowest BCUT2D eigenvalue weighted by molar-refractivity contribution is 0.210. The number of hydrogen-bond donors (Lipinski definition) is 1. The Bertz CT molecular complexity index is 542. The van der Waals surface area contributed by atoms with Crippen LogP contribution in [0, 0.1) is 11.6 Å². The van der Waals surface area contributed by atoms with E-state index in [1.54, 1.807) is 24.1 Å². The van der Waals surface area contributed by atoms with Crippen LogP contribution in [-0.4, -0.2) is 29.8 Å². The number of anilines is 1. The minimum absolute atomic E-state index is 0.221. The molecule has 0 saturated heterocycles. The molecule has 1 aromatic heterocycles. The summed E-state index contributed by atoms with van der Waals surface area (Å²) in [5, 5.41) is 3.06. The number of ether oxygens (including phenoxy) is 1. The van der Waals surface area contributed by atoms with Crippen LogP contribution in [0.15, 0.2) is 30.6 Å². The summed E-state index contributed by atoms with van der Waals surface area (Å²) >= 11 is 0. The second-order valence-corrected chi connectivity index (χ2v) is 4.03. The molecule has 6 heteroatoms. The van der Waals surface area contributed by atoms with E-state index in [9.17, 15) is 8.78 Å². The van der Waals surface area contributed by atoms with E-state index in [4.69, 9.17) is 4.74 Å². The van der Waals surface area contributed by atoms with Crippen molar-refractivity contribution in [2.45, 2.75) is 6.54 Å². The Kier molecular flexibility index (Phi) is 4.46. The molecule has 0 unspecified atom stereocenters. The van der Waals surface area contributed by atoms with Gasteiger partial charge in [-0.1, -0.05) is 0 Å². The minimum Gasteiger partial charge on any atom is -0.383 e. The normalized spacial score (nSPS) is 10.7. The minimum atomic E-state index is -0.453. The van der Waals surface area contributed by atoms with Gasteiger partial charge >= 0.3 is 0 Å². The van der Waals surface area contributed by atoms with Crippen LogP contribution in [0.25, 0.3) is 0 Å². The third-order valence-corrected chi connectivity index (χ3v) is 2.65. The average Bonchev–Trinajstić information content (AvgIpc) is 2.82. The topological polar surface area (TPSA) is 39.1 Å². The molecule has 0 aliphatic rings. The molecule has 0 radical (unpaired) electrons. The van der Waals surface area contributed by atoms with Crippen molar-refractivity contribution in [1.82, 2.24) is 9.55 Å². The van der Waals surface area contributed by atoms with E-state index in [1.807, 2.05) is 0 Å². The molecular formula is C13H15F2N3O. The molecule has 1 heterocycles. The zero-order chi connectivity index (χ0) is 13.7. The molecule has 0 aliphatic carbocycles. The highest BCUT2D eigenvalue weighted by atomic mass is 19.1. The van der Waals surface area contributed by atoms with Crippen molar-refractivity contribution in [3.05, 3.63) is 47.8 Å². The smallest absolute Gasteiger partial charge is 0.203 e. The molecule has 2 aromatic rings. The van der Waals surface area contributed by atoms with E-state index in [1.165, 1.54) is 6.07 Å². The van der Waals surface area contributed by atoms with E-state index < -0.39 is 11.6 Å². The Labute approximate surface area is 110 Å². The Morgan fingerprint density at radius 2 is 2.21 bits per heavy atom. The van der Waals surface area contributed by atoms with Gasteiger partial charge < -0.3 is 14.6 Å². The number of nitrogens with zero attached hydrogens (tertiary/aromatic N) is 2. The highest BCUT2D eigenvalue weighted by molar-refractivity contribution is 5.28. The summed E-state index contributed by atoms with van der Waals surface area (Å²) in [6.07, 6.45) is 3.31. The summed E-state index contributed by atoms with van der Waals surface area (Å²) in [6, 6.07) is 3.42. The van der Waals surface area contributed by atoms with Gasteiger partial charge in [-0.25, -0.2) is 13.8 Å². The summed E-state index contributed by atoms with van der Waals surface area (Å²) in [4.78, 5) is 4.12. The zero-order valence-corrected chi connectivity index (χ0v) is 10.6. The number of halogens is 2. The average molecular weight is 267 g/mol. The van der Waals surface area contributed by atoms with Gasteiger partial charge in [0.2, 0.25) is 5.95 Å². The van der Waals surface area contributed by atoms with Crippen molar-refractivity contribution in [1.29, 1.82) is 0 Å². The number of methoxy groups -OCH3 is 1. The van der Waals surface area contributed by atoms with Gasteiger partial charge in [0, 0.05) is 31.6 Å². The number of hydrogen-bond acceptors (Lipinski definition) is 3. The van der Waals surface area contributed by atoms with E-state index in [0.29, 0.717) is 19.1 Å². The quantitative estimate of drug-likeness (QED) is 0.816. The summed E-state index contributed by atoms with van der Waals surface area (Å²) in [7, 11) is 1.61. The summed E-state index contributed by atoms with van der Waals surface area (Å²) in [5.41, 5.74) is 0.285. The fraction of sp³-hybridized carbons (Fsp3) is 0.308. The molecule has 4 nitrogen and oxygen atoms in total. The highest BCUT2D eigenvalue weighted by Gasteiger charge is 2.07. The second kappa shape index (κ2) is 6.29. The lowest BCUT2D eigenvalue weighted by Gasteiger charge is -2.10. The first kappa shape index (κ1) is 13.5. The maximum absolute atomic E-state index is 13.6. The van der Waals surface area contributed by atoms with Crippen molar-refractivity contribution in [2.24, 2.45) is 0 Å². The van der Waals surface area contributed by atoms with Gasteiger partial charge in [0.25, 0.3) is 0 Å². The molecule has 2 rings (SSSR count). The molecular weight excluding hydrogens is 252 g/mol. The molecule has 0 aliphatic heterocycles. The Balaban J connectivity index is 2.10. The van der Waals surface area contributed by atoms with Gasteiger partial charge in [-0.2, -0.15) is 0 Å². The number of imidazole rings is 1. The third-order valence-electron chi connectivity index (χ3n) is 2.65. The fourth-order valence-corrected chi connectivity index (χ4v) is 1.72. The molecule has 102 valence electrons. The summed E-state index contributed by atoms with van der Waals surface area (Å²) in [5.74, 6) is -0.288. The van der Waals surface area contributed by atoms with Crippen molar-refractivity contribution >= 4 is 5.95 Å². The van der Waals surface area contributed by atoms with Gasteiger partial charge in [-0.05, 0) is 18.2 Å². The number of aromatic nitrogens is 2. The molecule has 0 atom stereocenters. The molecule has 19 heavy (non-hydrogen) atoms. The molecule has 0 fully saturated rings. The lowest BCUT2D eigenvalue weighted by atomic mass is 10.2. The van der Waals surface area contributed by atoms with E-state index in [0.717, 1.165) is 12.1 Å². The van der Waals surface area contributed by atoms with Crippen molar-refractivity contribution < 1.29 is 13.5 Å². The van der Waals surface area contributed by atoms with Crippen LogP contribution in [-0.2, 0) is 11.3 Å². The maximum Gasteiger partial charge on any atom is 0.203 e. The first-order chi connectivity index (χ1) is 9.20. The van der Waals surface area contributed by atoms with Crippen LogP contribution >= 0.6 is 0 Å². The number of nitrogens with one attached hydrogen (secondary N) is 1. The first-order valence-corrected chi connectivity index (χ1v) is 5.88. The van der Waals surface area contributed by atoms with Gasteiger partial charge in [-0.15, -0.1) is 0 Å². The Morgan fingerprint density at radius 3 is 3.00 bits per heavy atom. The van der Waals surface area contributed by atoms with Crippen LogP contribution in [0.4, 0.5) is 14.7 Å². The molecule has 0 spiro atoms. The van der Waals surface area contributed by atoms with Gasteiger partial charge in [0.1, 0.15) is 11.6 Å². The van der Waals surface area contributed by atoms with E-state index in [2.05, 4.69) is 10.3 Å². The third kappa shape index (κ3) is 3.51. The van der Waals surface area contributed by atoms with Crippen LogP contribution in [0.2, 0.25) is 0 Å². The molecule has 1 N–H and O–H groups in total. The van der Waals surface area contributed by atoms with Crippen LogP contribution in [0.5, 0.6) is 0 Å². The van der Waals surface area contributed by atoms with Gasteiger partial charge in [0.15, 0.2) is 0 Å². The second-order valence-electron chi connectivity index (χ2n) is 4.03. The Morgan fingerprint density at radius 1 is 1.37 bits per heavy atom. The van der Waals surface area contributed by atoms with Crippen LogP contribution in [0.3, 0.4) is 0 Å². The van der Waals surface area contributed by atoms with Gasteiger partial charge in [0.05, 0.1) is 13.2 Å². The van der Waals surface area contributed by atoms with Crippen molar-refractivity contribution in [2.75, 3.05) is 25.6 Å². The molecule has 0 saturated carbocycles. The van der Waals surface area contributed by atoms with Crippen molar-refractivity contribution in [3.8, 4) is 0 Å². The molecule has 1 aromatic carbocycles. The standard InChI is InChI=1S/C13H15F2N3O/c1-19-7-5-17-13-16-4-6-18(13)9-10-8-11(14)2-3-12(10)15/h2-4,6,8H,5,7,9H2,1H3,(H,16,17). The highest BCUT2D eigenvalue weighted by Crippen LogP contribution is 2.14. The van der Waals surface area contributed by atoms with Crippen molar-refractivity contribution in [3.63, 3.8) is 0 Å². The van der Waals surface area contributed by atoms with Gasteiger partial charge in [-0.3, -0.25) is 0 Å². The fourth-order valence-electron chi connectivity index (χ4n) is 1.72. The first-order valence-electron chi connectivity index (χ1n) is 5.88. The number of benzene rings is 1. The lowest BCUT2D eigenvalue weighted by Crippen LogP contribution is -2.13. The maximum atomic E-state index is 13.6. The zero-order valence-electron chi connectivity index (χ0n) is 10.6. The van der Waals surface area contributed by atoms with E-state index in [-0.39, 0.29) is 12.1 Å². The van der Waals surface area contributed by atoms with E-state index >= 15 is 0 Å². The summed E-state index contributed by atoms with van der Waals surface area (Å²) < 4.78 is 33.3. The molecule has 0 bridgehead atoms. The predicted molar refractivity (Wildman–Crippen MR) is 68.1 cm³/mol. The number of rotatable bonds is 6. The SMILES string of the molecule is COCCNc1nccn1Cc1cc(F)ccc1F. The largest absolute Gasteiger partial charge is 0.383 e. The Hall–Kier alpha value is -1.95. The predicted octanol–water partition coefficient (Wildman–Crippen LogP) is 2.27.